The zero-order valence-corrected chi connectivity index (χ0v) is 14.9. The third-order valence-electron chi connectivity index (χ3n) is 4.20. The maximum atomic E-state index is 13.8. The number of esters is 1. The van der Waals surface area contributed by atoms with Crippen LogP contribution in [0.15, 0.2) is 23.1 Å². The number of amides is 1. The van der Waals surface area contributed by atoms with Gasteiger partial charge in [0.1, 0.15) is 5.82 Å². The van der Waals surface area contributed by atoms with Crippen molar-refractivity contribution in [1.29, 1.82) is 0 Å². The summed E-state index contributed by atoms with van der Waals surface area (Å²) in [4.78, 5) is 25.4. The van der Waals surface area contributed by atoms with E-state index in [0.717, 1.165) is 31.0 Å². The highest BCUT2D eigenvalue weighted by atomic mass is 32.2. The zero-order valence-electron chi connectivity index (χ0n) is 14.1. The average molecular weight is 372 g/mol. The maximum absolute atomic E-state index is 13.8. The highest BCUT2D eigenvalue weighted by Gasteiger charge is 2.23. The van der Waals surface area contributed by atoms with Gasteiger partial charge in [-0.3, -0.25) is 4.79 Å². The summed E-state index contributed by atoms with van der Waals surface area (Å²) in [5.74, 6) is -1.79. The van der Waals surface area contributed by atoms with Crippen LogP contribution in [0.3, 0.4) is 0 Å². The van der Waals surface area contributed by atoms with E-state index in [1.807, 2.05) is 0 Å². The van der Waals surface area contributed by atoms with Gasteiger partial charge in [-0.15, -0.1) is 0 Å². The van der Waals surface area contributed by atoms with Gasteiger partial charge in [-0.25, -0.2) is 22.3 Å². The second-order valence-electron chi connectivity index (χ2n) is 5.99. The van der Waals surface area contributed by atoms with Crippen molar-refractivity contribution in [2.45, 2.75) is 24.7 Å². The molecular formula is C16H21FN2O5S. The molecule has 1 saturated heterocycles. The van der Waals surface area contributed by atoms with Crippen molar-refractivity contribution >= 4 is 21.9 Å². The van der Waals surface area contributed by atoms with Gasteiger partial charge in [0.25, 0.3) is 5.91 Å². The molecule has 0 aromatic heterocycles. The predicted molar refractivity (Wildman–Crippen MR) is 87.9 cm³/mol. The summed E-state index contributed by atoms with van der Waals surface area (Å²) in [6.07, 6.45) is 1.77. The SMILES string of the molecule is CNS(=O)(=O)c1ccc(F)c(C(=O)OCC(=O)N2CCC(C)CC2)c1. The molecule has 0 spiro atoms. The van der Waals surface area contributed by atoms with Gasteiger partial charge in [0.2, 0.25) is 10.0 Å². The number of carbonyl (C=O) groups is 2. The molecule has 1 aliphatic rings. The van der Waals surface area contributed by atoms with E-state index in [2.05, 4.69) is 11.6 Å². The third-order valence-corrected chi connectivity index (χ3v) is 5.61. The van der Waals surface area contributed by atoms with E-state index in [-0.39, 0.29) is 10.8 Å². The van der Waals surface area contributed by atoms with Crippen LogP contribution >= 0.6 is 0 Å². The van der Waals surface area contributed by atoms with E-state index >= 15 is 0 Å². The largest absolute Gasteiger partial charge is 0.452 e. The molecule has 138 valence electrons. The van der Waals surface area contributed by atoms with E-state index in [0.29, 0.717) is 19.0 Å². The quantitative estimate of drug-likeness (QED) is 0.783. The lowest BCUT2D eigenvalue weighted by atomic mass is 9.99. The molecule has 9 heteroatoms. The number of rotatable bonds is 5. The summed E-state index contributed by atoms with van der Waals surface area (Å²) in [5, 5.41) is 0. The Bertz CT molecular complexity index is 758. The summed E-state index contributed by atoms with van der Waals surface area (Å²) in [7, 11) is -2.62. The molecule has 0 saturated carbocycles. The lowest BCUT2D eigenvalue weighted by Gasteiger charge is -2.30. The van der Waals surface area contributed by atoms with E-state index < -0.39 is 34.0 Å². The smallest absolute Gasteiger partial charge is 0.341 e. The lowest BCUT2D eigenvalue weighted by Crippen LogP contribution is -2.40. The van der Waals surface area contributed by atoms with Crippen LogP contribution in [0.5, 0.6) is 0 Å². The second kappa shape index (κ2) is 7.92. The highest BCUT2D eigenvalue weighted by Crippen LogP contribution is 2.17. The average Bonchev–Trinajstić information content (AvgIpc) is 2.60. The van der Waals surface area contributed by atoms with Crippen molar-refractivity contribution in [3.8, 4) is 0 Å². The summed E-state index contributed by atoms with van der Waals surface area (Å²) in [5.41, 5.74) is -0.531. The van der Waals surface area contributed by atoms with E-state index in [1.165, 1.54) is 7.05 Å². The van der Waals surface area contributed by atoms with Crippen molar-refractivity contribution < 1.29 is 27.1 Å². The summed E-state index contributed by atoms with van der Waals surface area (Å²) in [6.45, 7) is 2.80. The zero-order chi connectivity index (χ0) is 18.6. The molecule has 0 radical (unpaired) electrons. The first-order valence-electron chi connectivity index (χ1n) is 7.92. The lowest BCUT2D eigenvalue weighted by molar-refractivity contribution is -0.135. The number of nitrogens with one attached hydrogen (secondary N) is 1. The van der Waals surface area contributed by atoms with Crippen molar-refractivity contribution in [1.82, 2.24) is 9.62 Å². The number of likely N-dealkylation sites (tertiary alicyclic amines) is 1. The monoisotopic (exact) mass is 372 g/mol. The van der Waals surface area contributed by atoms with Crippen LogP contribution < -0.4 is 4.72 Å². The first-order chi connectivity index (χ1) is 11.7. The molecule has 0 aliphatic carbocycles. The Morgan fingerprint density at radius 3 is 2.56 bits per heavy atom. The highest BCUT2D eigenvalue weighted by molar-refractivity contribution is 7.89. The number of sulfonamides is 1. The molecule has 1 aromatic carbocycles. The van der Waals surface area contributed by atoms with Crippen molar-refractivity contribution in [2.24, 2.45) is 5.92 Å². The minimum atomic E-state index is -3.82. The van der Waals surface area contributed by atoms with Crippen LogP contribution in [0.2, 0.25) is 0 Å². The Morgan fingerprint density at radius 1 is 1.32 bits per heavy atom. The minimum Gasteiger partial charge on any atom is -0.452 e. The number of ether oxygens (including phenoxy) is 1. The maximum Gasteiger partial charge on any atom is 0.341 e. The number of nitrogens with zero attached hydrogens (tertiary/aromatic N) is 1. The van der Waals surface area contributed by atoms with Crippen molar-refractivity contribution in [3.05, 3.63) is 29.6 Å². The van der Waals surface area contributed by atoms with Crippen LogP contribution in [0.4, 0.5) is 4.39 Å². The number of benzene rings is 1. The van der Waals surface area contributed by atoms with Crippen LogP contribution in [0, 0.1) is 11.7 Å². The molecule has 25 heavy (non-hydrogen) atoms. The van der Waals surface area contributed by atoms with Gasteiger partial charge in [0.05, 0.1) is 10.5 Å². The molecular weight excluding hydrogens is 351 g/mol. The molecule has 2 rings (SSSR count). The topological polar surface area (TPSA) is 92.8 Å². The van der Waals surface area contributed by atoms with Crippen LogP contribution in [0.25, 0.3) is 0 Å². The van der Waals surface area contributed by atoms with Crippen LogP contribution in [-0.2, 0) is 19.6 Å². The van der Waals surface area contributed by atoms with Gasteiger partial charge in [-0.2, -0.15) is 0 Å². The van der Waals surface area contributed by atoms with E-state index in [4.69, 9.17) is 4.74 Å². The molecule has 1 aromatic rings. The molecule has 1 aliphatic heterocycles. The fraction of sp³-hybridized carbons (Fsp3) is 0.500. The first kappa shape index (κ1) is 19.3. The number of hydrogen-bond acceptors (Lipinski definition) is 5. The molecule has 0 unspecified atom stereocenters. The molecule has 1 fully saturated rings. The fourth-order valence-corrected chi connectivity index (χ4v) is 3.26. The molecule has 0 atom stereocenters. The summed E-state index contributed by atoms with van der Waals surface area (Å²) >= 11 is 0. The Hall–Kier alpha value is -2.00. The number of piperidine rings is 1. The standard InChI is InChI=1S/C16H21FN2O5S/c1-11-5-7-19(8-6-11)15(20)10-24-16(21)13-9-12(3-4-14(13)17)25(22,23)18-2/h3-4,9,11,18H,5-8,10H2,1-2H3. The number of halogens is 1. The third kappa shape index (κ3) is 4.76. The minimum absolute atomic E-state index is 0.264. The molecule has 1 amide bonds. The Labute approximate surface area is 146 Å². The summed E-state index contributed by atoms with van der Waals surface area (Å²) < 4.78 is 44.2. The Kier molecular flexibility index (Phi) is 6.12. The van der Waals surface area contributed by atoms with Crippen LogP contribution in [0.1, 0.15) is 30.1 Å². The molecule has 1 N–H and O–H groups in total. The Balaban J connectivity index is 2.03. The van der Waals surface area contributed by atoms with Crippen molar-refractivity contribution in [2.75, 3.05) is 26.7 Å². The van der Waals surface area contributed by atoms with Gasteiger partial charge in [-0.05, 0) is 44.0 Å². The van der Waals surface area contributed by atoms with Gasteiger partial charge < -0.3 is 9.64 Å². The summed E-state index contributed by atoms with van der Waals surface area (Å²) in [6, 6.07) is 2.79. The van der Waals surface area contributed by atoms with E-state index in [1.54, 1.807) is 4.90 Å². The number of carbonyl (C=O) groups excluding carboxylic acids is 2. The van der Waals surface area contributed by atoms with Gasteiger partial charge in [-0.1, -0.05) is 6.92 Å². The van der Waals surface area contributed by atoms with Crippen LogP contribution in [-0.4, -0.2) is 51.9 Å². The molecule has 7 nitrogen and oxygen atoms in total. The normalized spacial score (nSPS) is 15.9. The first-order valence-corrected chi connectivity index (χ1v) is 9.41. The molecule has 0 bridgehead atoms. The van der Waals surface area contributed by atoms with Gasteiger partial charge in [0, 0.05) is 13.1 Å². The fourth-order valence-electron chi connectivity index (χ4n) is 2.50. The van der Waals surface area contributed by atoms with Gasteiger partial charge in [0.15, 0.2) is 6.61 Å². The number of hydrogen-bond donors (Lipinski definition) is 1. The van der Waals surface area contributed by atoms with Crippen molar-refractivity contribution in [3.63, 3.8) is 0 Å². The second-order valence-corrected chi connectivity index (χ2v) is 7.88. The van der Waals surface area contributed by atoms with Gasteiger partial charge >= 0.3 is 5.97 Å². The van der Waals surface area contributed by atoms with E-state index in [9.17, 15) is 22.4 Å². The molecule has 1 heterocycles. The Morgan fingerprint density at radius 2 is 1.96 bits per heavy atom. The predicted octanol–water partition coefficient (Wildman–Crippen LogP) is 1.15.